The summed E-state index contributed by atoms with van der Waals surface area (Å²) >= 11 is 7.35. The fourth-order valence-electron chi connectivity index (χ4n) is 5.25. The van der Waals surface area contributed by atoms with Crippen LogP contribution in [0.3, 0.4) is 0 Å². The summed E-state index contributed by atoms with van der Waals surface area (Å²) in [6.07, 6.45) is 5.40. The number of fused-ring (bicyclic) bond motifs is 10. The Morgan fingerprint density at radius 3 is 2.30 bits per heavy atom. The zero-order valence-electron chi connectivity index (χ0n) is 13.1. The van der Waals surface area contributed by atoms with Crippen molar-refractivity contribution in [2.75, 3.05) is 0 Å². The number of benzene rings is 3. The highest BCUT2D eigenvalue weighted by molar-refractivity contribution is 9.10. The lowest BCUT2D eigenvalue weighted by atomic mass is 9.74. The van der Waals surface area contributed by atoms with Crippen LogP contribution in [0.1, 0.15) is 49.7 Å². The zero-order valence-corrected chi connectivity index (χ0v) is 16.3. The number of hydrogen-bond acceptors (Lipinski definition) is 0. The van der Waals surface area contributed by atoms with E-state index in [2.05, 4.69) is 75.2 Å². The van der Waals surface area contributed by atoms with Crippen LogP contribution in [-0.4, -0.2) is 0 Å². The minimum absolute atomic E-state index is 0.367. The first-order valence-electron chi connectivity index (χ1n) is 8.42. The Hall–Kier alpha value is -0.860. The molecular weight excluding hydrogens is 412 g/mol. The summed E-state index contributed by atoms with van der Waals surface area (Å²) in [6.45, 7) is 2.50. The van der Waals surface area contributed by atoms with Crippen molar-refractivity contribution in [3.8, 4) is 0 Å². The van der Waals surface area contributed by atoms with Crippen molar-refractivity contribution in [3.05, 3.63) is 56.5 Å². The molecule has 0 heterocycles. The lowest BCUT2D eigenvalue weighted by Gasteiger charge is -2.30. The molecule has 1 saturated carbocycles. The van der Waals surface area contributed by atoms with Gasteiger partial charge in [-0.05, 0) is 87.5 Å². The summed E-state index contributed by atoms with van der Waals surface area (Å²) in [5, 5.41) is 5.74. The third-order valence-electron chi connectivity index (χ3n) is 6.07. The lowest BCUT2D eigenvalue weighted by molar-refractivity contribution is 0.327. The molecule has 0 spiro atoms. The van der Waals surface area contributed by atoms with Gasteiger partial charge in [-0.2, -0.15) is 0 Å². The van der Waals surface area contributed by atoms with Gasteiger partial charge in [0.2, 0.25) is 0 Å². The summed E-state index contributed by atoms with van der Waals surface area (Å²) in [5.74, 6) is 0.750. The molecule has 0 saturated heterocycles. The van der Waals surface area contributed by atoms with Crippen molar-refractivity contribution in [2.45, 2.75) is 43.9 Å². The lowest BCUT2D eigenvalue weighted by Crippen LogP contribution is -2.21. The molecule has 2 heteroatoms. The first-order chi connectivity index (χ1) is 11.1. The second-order valence-corrected chi connectivity index (χ2v) is 9.35. The Morgan fingerprint density at radius 1 is 0.913 bits per heavy atom. The van der Waals surface area contributed by atoms with Crippen LogP contribution in [0, 0.1) is 0 Å². The van der Waals surface area contributed by atoms with Crippen molar-refractivity contribution in [1.29, 1.82) is 0 Å². The molecule has 2 aliphatic carbocycles. The van der Waals surface area contributed by atoms with Gasteiger partial charge in [-0.3, -0.25) is 0 Å². The van der Waals surface area contributed by atoms with Crippen LogP contribution in [0.25, 0.3) is 21.5 Å². The molecule has 0 amide bonds. The smallest absolute Gasteiger partial charge is 0.0181 e. The summed E-state index contributed by atoms with van der Waals surface area (Å²) in [6, 6.07) is 13.7. The van der Waals surface area contributed by atoms with E-state index in [0.717, 1.165) is 10.4 Å². The van der Waals surface area contributed by atoms with E-state index in [9.17, 15) is 0 Å². The average Bonchev–Trinajstić information content (AvgIpc) is 2.73. The molecule has 3 aromatic carbocycles. The highest BCUT2D eigenvalue weighted by atomic mass is 79.9. The Bertz CT molecular complexity index is 973. The molecule has 2 bridgehead atoms. The van der Waals surface area contributed by atoms with Gasteiger partial charge in [0.05, 0.1) is 0 Å². The quantitative estimate of drug-likeness (QED) is 0.325. The third kappa shape index (κ3) is 1.94. The number of hydrogen-bond donors (Lipinski definition) is 0. The SMILES string of the molecule is C[C@@]12CCC[C@@H](C1)c1c2c2ccc(Br)cc2c2cc(Br)ccc12. The number of rotatable bonds is 0. The van der Waals surface area contributed by atoms with Gasteiger partial charge in [0, 0.05) is 8.95 Å². The van der Waals surface area contributed by atoms with E-state index in [4.69, 9.17) is 0 Å². The van der Waals surface area contributed by atoms with Crippen molar-refractivity contribution in [1.82, 2.24) is 0 Å². The minimum Gasteiger partial charge on any atom is -0.0555 e. The molecule has 5 rings (SSSR count). The van der Waals surface area contributed by atoms with E-state index in [1.54, 1.807) is 11.1 Å². The first kappa shape index (κ1) is 14.5. The van der Waals surface area contributed by atoms with Crippen molar-refractivity contribution < 1.29 is 0 Å². The van der Waals surface area contributed by atoms with E-state index in [1.165, 1.54) is 51.7 Å². The van der Waals surface area contributed by atoms with Crippen molar-refractivity contribution >= 4 is 53.4 Å². The van der Waals surface area contributed by atoms with Crippen LogP contribution in [0.2, 0.25) is 0 Å². The highest BCUT2D eigenvalue weighted by Gasteiger charge is 2.44. The van der Waals surface area contributed by atoms with E-state index >= 15 is 0 Å². The van der Waals surface area contributed by atoms with Crippen LogP contribution < -0.4 is 0 Å². The first-order valence-corrected chi connectivity index (χ1v) is 10.0. The Kier molecular flexibility index (Phi) is 3.04. The Morgan fingerprint density at radius 2 is 1.57 bits per heavy atom. The van der Waals surface area contributed by atoms with Gasteiger partial charge in [0.15, 0.2) is 0 Å². The maximum Gasteiger partial charge on any atom is 0.0181 e. The molecule has 3 aromatic rings. The topological polar surface area (TPSA) is 0 Å². The second kappa shape index (κ2) is 4.83. The van der Waals surface area contributed by atoms with Gasteiger partial charge in [0.25, 0.3) is 0 Å². The largest absolute Gasteiger partial charge is 0.0555 e. The van der Waals surface area contributed by atoms with Crippen molar-refractivity contribution in [2.24, 2.45) is 0 Å². The molecule has 116 valence electrons. The van der Waals surface area contributed by atoms with E-state index in [0.29, 0.717) is 5.41 Å². The molecule has 23 heavy (non-hydrogen) atoms. The second-order valence-electron chi connectivity index (χ2n) is 7.52. The van der Waals surface area contributed by atoms with Gasteiger partial charge < -0.3 is 0 Å². The predicted molar refractivity (Wildman–Crippen MR) is 105 cm³/mol. The zero-order chi connectivity index (χ0) is 15.8. The van der Waals surface area contributed by atoms with Crippen molar-refractivity contribution in [3.63, 3.8) is 0 Å². The summed E-state index contributed by atoms with van der Waals surface area (Å²) in [4.78, 5) is 0. The monoisotopic (exact) mass is 428 g/mol. The molecule has 0 unspecified atom stereocenters. The third-order valence-corrected chi connectivity index (χ3v) is 7.06. The molecule has 1 fully saturated rings. The summed E-state index contributed by atoms with van der Waals surface area (Å²) in [7, 11) is 0. The molecule has 0 radical (unpaired) electrons. The molecule has 0 aromatic heterocycles. The van der Waals surface area contributed by atoms with Gasteiger partial charge in [-0.1, -0.05) is 57.3 Å². The van der Waals surface area contributed by atoms with Gasteiger partial charge in [0.1, 0.15) is 0 Å². The van der Waals surface area contributed by atoms with Gasteiger partial charge in [-0.25, -0.2) is 0 Å². The minimum atomic E-state index is 0.367. The van der Waals surface area contributed by atoms with Crippen LogP contribution in [-0.2, 0) is 5.41 Å². The fraction of sp³-hybridized carbons (Fsp3) is 0.333. The standard InChI is InChI=1S/C21H18Br2/c1-21-8-2-3-12(11-21)19-15-6-4-13(22)9-17(15)18-10-14(23)5-7-16(18)20(19)21/h4-7,9-10,12H,2-3,8,11H2,1H3/t12-,21+/m0/s1. The average molecular weight is 430 g/mol. The van der Waals surface area contributed by atoms with Crippen LogP contribution in [0.15, 0.2) is 45.3 Å². The van der Waals surface area contributed by atoms with E-state index in [-0.39, 0.29) is 0 Å². The molecule has 0 nitrogen and oxygen atoms in total. The highest BCUT2D eigenvalue weighted by Crippen LogP contribution is 2.58. The maximum atomic E-state index is 3.68. The van der Waals surface area contributed by atoms with E-state index < -0.39 is 0 Å². The summed E-state index contributed by atoms with van der Waals surface area (Å²) in [5.41, 5.74) is 3.67. The normalized spacial score (nSPS) is 26.0. The van der Waals surface area contributed by atoms with Crippen LogP contribution >= 0.6 is 31.9 Å². The van der Waals surface area contributed by atoms with Crippen LogP contribution in [0.4, 0.5) is 0 Å². The molecular formula is C21H18Br2. The van der Waals surface area contributed by atoms with Crippen LogP contribution in [0.5, 0.6) is 0 Å². The maximum absolute atomic E-state index is 3.68. The fourth-order valence-corrected chi connectivity index (χ4v) is 5.97. The number of halogens is 2. The van der Waals surface area contributed by atoms with E-state index in [1.807, 2.05) is 0 Å². The molecule has 0 N–H and O–H groups in total. The Labute approximate surface area is 153 Å². The molecule has 0 aliphatic heterocycles. The predicted octanol–water partition coefficient (Wildman–Crippen LogP) is 7.45. The Balaban J connectivity index is 2.05. The molecule has 2 aliphatic rings. The van der Waals surface area contributed by atoms with Gasteiger partial charge in [-0.15, -0.1) is 0 Å². The molecule has 2 atom stereocenters. The summed E-state index contributed by atoms with van der Waals surface area (Å²) < 4.78 is 2.33. The van der Waals surface area contributed by atoms with Gasteiger partial charge >= 0.3 is 0 Å².